The van der Waals surface area contributed by atoms with Gasteiger partial charge in [0.25, 0.3) is 0 Å². The maximum Gasteiger partial charge on any atom is 0.346 e. The van der Waals surface area contributed by atoms with Crippen molar-refractivity contribution in [3.8, 4) is 5.75 Å². The molecule has 2 aliphatic rings. The first-order valence-corrected chi connectivity index (χ1v) is 8.98. The van der Waals surface area contributed by atoms with E-state index >= 15 is 0 Å². The zero-order valence-electron chi connectivity index (χ0n) is 15.5. The summed E-state index contributed by atoms with van der Waals surface area (Å²) in [5.74, 6) is -2.92. The Balaban J connectivity index is 1.73. The highest BCUT2D eigenvalue weighted by Gasteiger charge is 2.44. The number of aryl methyl sites for hydroxylation is 1. The third-order valence-electron chi connectivity index (χ3n) is 5.58. The van der Waals surface area contributed by atoms with Crippen molar-refractivity contribution in [1.29, 1.82) is 0 Å². The van der Waals surface area contributed by atoms with E-state index in [4.69, 9.17) is 9.47 Å². The van der Waals surface area contributed by atoms with Crippen LogP contribution < -0.4 is 4.74 Å². The largest absolute Gasteiger partial charge is 0.453 e. The molecule has 4 rings (SSSR count). The minimum atomic E-state index is -0.988. The monoisotopic (exact) mass is 384 g/mol. The van der Waals surface area contributed by atoms with Crippen LogP contribution in [0.2, 0.25) is 0 Å². The van der Waals surface area contributed by atoms with Crippen LogP contribution in [0.3, 0.4) is 0 Å². The fourth-order valence-electron chi connectivity index (χ4n) is 4.09. The van der Waals surface area contributed by atoms with Crippen molar-refractivity contribution in [2.75, 3.05) is 0 Å². The van der Waals surface area contributed by atoms with Gasteiger partial charge in [0, 0.05) is 23.1 Å². The number of rotatable bonds is 2. The molecule has 6 heteroatoms. The number of hydrogen-bond acceptors (Lipinski definition) is 4. The number of hydrogen-bond donors (Lipinski definition) is 0. The van der Waals surface area contributed by atoms with Crippen molar-refractivity contribution < 1.29 is 27.8 Å². The van der Waals surface area contributed by atoms with Gasteiger partial charge in [0.05, 0.1) is 5.56 Å². The van der Waals surface area contributed by atoms with E-state index in [0.717, 1.165) is 41.7 Å². The molecule has 1 aliphatic carbocycles. The fraction of sp³-hybridized carbons (Fsp3) is 0.273. The molecule has 0 N–H and O–H groups in total. The van der Waals surface area contributed by atoms with Crippen LogP contribution in [-0.2, 0) is 16.0 Å². The van der Waals surface area contributed by atoms with Gasteiger partial charge in [-0.25, -0.2) is 18.4 Å². The van der Waals surface area contributed by atoms with E-state index in [-0.39, 0.29) is 17.2 Å². The third-order valence-corrected chi connectivity index (χ3v) is 5.58. The van der Waals surface area contributed by atoms with E-state index in [1.54, 1.807) is 13.0 Å². The van der Waals surface area contributed by atoms with Crippen molar-refractivity contribution in [3.05, 3.63) is 75.9 Å². The number of halogens is 2. The predicted molar refractivity (Wildman–Crippen MR) is 97.0 cm³/mol. The van der Waals surface area contributed by atoms with Crippen LogP contribution in [0.15, 0.2) is 36.4 Å². The van der Waals surface area contributed by atoms with Gasteiger partial charge in [-0.2, -0.15) is 0 Å². The van der Waals surface area contributed by atoms with Crippen LogP contribution in [0.25, 0.3) is 0 Å². The molecule has 1 fully saturated rings. The third kappa shape index (κ3) is 2.80. The van der Waals surface area contributed by atoms with Crippen LogP contribution >= 0.6 is 0 Å². The molecule has 0 bridgehead atoms. The molecule has 1 aliphatic heterocycles. The zero-order chi connectivity index (χ0) is 20.2. The molecule has 1 heterocycles. The minimum absolute atomic E-state index is 0.0985. The lowest BCUT2D eigenvalue weighted by atomic mass is 9.76. The Hall–Kier alpha value is -3.02. The van der Waals surface area contributed by atoms with Gasteiger partial charge in [-0.1, -0.05) is 6.58 Å². The number of esters is 2. The molecule has 144 valence electrons. The van der Waals surface area contributed by atoms with E-state index in [1.165, 1.54) is 0 Å². The predicted octanol–water partition coefficient (Wildman–Crippen LogP) is 4.52. The molecule has 1 saturated heterocycles. The smallest absolute Gasteiger partial charge is 0.346 e. The SMILES string of the molecule is C=C1C(=O)O[C@H]2c3c(C)c(OC(=O)c4ccc(F)cc4F)cc(C)c3CC[C@@H]12. The van der Waals surface area contributed by atoms with Crippen molar-refractivity contribution in [3.63, 3.8) is 0 Å². The Morgan fingerprint density at radius 2 is 2.00 bits per heavy atom. The van der Waals surface area contributed by atoms with Crippen molar-refractivity contribution in [1.82, 2.24) is 0 Å². The maximum absolute atomic E-state index is 13.9. The van der Waals surface area contributed by atoms with Gasteiger partial charge in [0.15, 0.2) is 0 Å². The standard InChI is InChI=1S/C22H18F2O4/c1-10-8-18(27-22(26)16-5-4-13(23)9-17(16)24)12(3)19-14(10)6-7-15-11(2)21(25)28-20(15)19/h4-5,8-9,15,20H,2,6-7H2,1,3H3/t15-,20+/m0/s1. The highest BCUT2D eigenvalue weighted by atomic mass is 19.1. The van der Waals surface area contributed by atoms with Gasteiger partial charge in [0.1, 0.15) is 23.5 Å². The van der Waals surface area contributed by atoms with E-state index < -0.39 is 29.7 Å². The summed E-state index contributed by atoms with van der Waals surface area (Å²) in [6.45, 7) is 7.51. The van der Waals surface area contributed by atoms with Gasteiger partial charge < -0.3 is 9.47 Å². The average molecular weight is 384 g/mol. The van der Waals surface area contributed by atoms with Crippen LogP contribution in [0, 0.1) is 31.4 Å². The van der Waals surface area contributed by atoms with E-state index in [2.05, 4.69) is 6.58 Å². The lowest BCUT2D eigenvalue weighted by Crippen LogP contribution is -2.21. The lowest BCUT2D eigenvalue weighted by Gasteiger charge is -2.30. The van der Waals surface area contributed by atoms with E-state index in [0.29, 0.717) is 17.2 Å². The minimum Gasteiger partial charge on any atom is -0.453 e. The molecule has 0 unspecified atom stereocenters. The molecule has 2 atom stereocenters. The summed E-state index contributed by atoms with van der Waals surface area (Å²) < 4.78 is 38.0. The van der Waals surface area contributed by atoms with Gasteiger partial charge in [-0.15, -0.1) is 0 Å². The summed E-state index contributed by atoms with van der Waals surface area (Å²) >= 11 is 0. The van der Waals surface area contributed by atoms with Gasteiger partial charge in [-0.3, -0.25) is 0 Å². The van der Waals surface area contributed by atoms with Gasteiger partial charge in [-0.05, 0) is 61.6 Å². The zero-order valence-corrected chi connectivity index (χ0v) is 15.5. The average Bonchev–Trinajstić information content (AvgIpc) is 2.93. The quantitative estimate of drug-likeness (QED) is 0.434. The summed E-state index contributed by atoms with van der Waals surface area (Å²) in [5, 5.41) is 0. The van der Waals surface area contributed by atoms with E-state index in [1.807, 2.05) is 6.92 Å². The van der Waals surface area contributed by atoms with Crippen molar-refractivity contribution in [2.45, 2.75) is 32.8 Å². The number of carbonyl (C=O) groups excluding carboxylic acids is 2. The summed E-state index contributed by atoms with van der Waals surface area (Å²) in [6, 6.07) is 4.40. The second-order valence-corrected chi connectivity index (χ2v) is 7.22. The van der Waals surface area contributed by atoms with Crippen molar-refractivity contribution >= 4 is 11.9 Å². The van der Waals surface area contributed by atoms with E-state index in [9.17, 15) is 18.4 Å². The Morgan fingerprint density at radius 1 is 1.25 bits per heavy atom. The summed E-state index contributed by atoms with van der Waals surface area (Å²) in [7, 11) is 0. The van der Waals surface area contributed by atoms with Gasteiger partial charge in [0.2, 0.25) is 0 Å². The second-order valence-electron chi connectivity index (χ2n) is 7.22. The Kier molecular flexibility index (Phi) is 4.29. The van der Waals surface area contributed by atoms with Crippen LogP contribution in [0.4, 0.5) is 8.78 Å². The first kappa shape index (κ1) is 18.3. The molecule has 0 amide bonds. The van der Waals surface area contributed by atoms with Crippen LogP contribution in [0.5, 0.6) is 5.75 Å². The Morgan fingerprint density at radius 3 is 2.71 bits per heavy atom. The van der Waals surface area contributed by atoms with Crippen LogP contribution in [0.1, 0.15) is 45.1 Å². The topological polar surface area (TPSA) is 52.6 Å². The first-order chi connectivity index (χ1) is 13.3. The Labute approximate surface area is 160 Å². The molecular weight excluding hydrogens is 366 g/mol. The number of fused-ring (bicyclic) bond motifs is 3. The molecule has 0 saturated carbocycles. The molecule has 4 nitrogen and oxygen atoms in total. The summed E-state index contributed by atoms with van der Waals surface area (Å²) in [4.78, 5) is 24.4. The van der Waals surface area contributed by atoms with Crippen molar-refractivity contribution in [2.24, 2.45) is 5.92 Å². The number of benzene rings is 2. The molecule has 2 aromatic carbocycles. The molecule has 0 radical (unpaired) electrons. The highest BCUT2D eigenvalue weighted by Crippen LogP contribution is 2.49. The Bertz CT molecular complexity index is 1040. The maximum atomic E-state index is 13.9. The molecule has 0 aromatic heterocycles. The number of ether oxygens (including phenoxy) is 2. The normalized spacial score (nSPS) is 20.4. The highest BCUT2D eigenvalue weighted by molar-refractivity contribution is 5.92. The molecule has 2 aromatic rings. The molecule has 28 heavy (non-hydrogen) atoms. The first-order valence-electron chi connectivity index (χ1n) is 8.98. The number of carbonyl (C=O) groups is 2. The van der Waals surface area contributed by atoms with Crippen LogP contribution in [-0.4, -0.2) is 11.9 Å². The molecular formula is C22H18F2O4. The summed E-state index contributed by atoms with van der Waals surface area (Å²) in [6.07, 6.45) is 1.07. The summed E-state index contributed by atoms with van der Waals surface area (Å²) in [5.41, 5.74) is 3.56. The second kappa shape index (κ2) is 6.55. The van der Waals surface area contributed by atoms with Gasteiger partial charge >= 0.3 is 11.9 Å². The molecule has 0 spiro atoms. The fourth-order valence-corrected chi connectivity index (χ4v) is 4.09. The lowest BCUT2D eigenvalue weighted by molar-refractivity contribution is -0.139.